The summed E-state index contributed by atoms with van der Waals surface area (Å²) < 4.78 is 0. The largest absolute Gasteiger partial charge is 0.364 e. The van der Waals surface area contributed by atoms with Gasteiger partial charge in [-0.3, -0.25) is 9.89 Å². The second-order valence-corrected chi connectivity index (χ2v) is 3.72. The van der Waals surface area contributed by atoms with E-state index in [0.29, 0.717) is 5.52 Å². The van der Waals surface area contributed by atoms with Gasteiger partial charge >= 0.3 is 0 Å². The van der Waals surface area contributed by atoms with Crippen LogP contribution >= 0.6 is 0 Å². The molecule has 0 saturated carbocycles. The van der Waals surface area contributed by atoms with Crippen LogP contribution < -0.4 is 5.73 Å². The minimum absolute atomic E-state index is 0.261. The number of hydrogen-bond donors (Lipinski definition) is 2. The number of nitrogens with zero attached hydrogens (tertiary/aromatic N) is 2. The van der Waals surface area contributed by atoms with Gasteiger partial charge in [0.2, 0.25) is 0 Å². The molecule has 0 spiro atoms. The minimum atomic E-state index is -0.533. The topological polar surface area (TPSA) is 84.7 Å². The zero-order valence-electron chi connectivity index (χ0n) is 10.4. The van der Waals surface area contributed by atoms with E-state index in [1.807, 2.05) is 13.0 Å². The van der Waals surface area contributed by atoms with E-state index in [1.54, 1.807) is 6.20 Å². The Kier molecular flexibility index (Phi) is 4.63. The van der Waals surface area contributed by atoms with Crippen LogP contribution in [0.1, 0.15) is 43.4 Å². The van der Waals surface area contributed by atoms with Gasteiger partial charge in [-0.25, -0.2) is 4.98 Å². The number of hydrogen-bond acceptors (Lipinski definition) is 3. The van der Waals surface area contributed by atoms with Crippen LogP contribution in [0.15, 0.2) is 12.3 Å². The molecule has 2 aromatic rings. The first-order valence-electron chi connectivity index (χ1n) is 5.76. The lowest BCUT2D eigenvalue weighted by molar-refractivity contribution is 0.0997. The number of primary amides is 1. The number of nitrogens with two attached hydrogens (primary N) is 1. The number of aromatic nitrogens is 3. The SMILES string of the molecule is CCC.CCc1cc2cn[nH]c2c(C(N)=O)n1. The molecule has 2 rings (SSSR count). The fourth-order valence-corrected chi connectivity index (χ4v) is 1.37. The minimum Gasteiger partial charge on any atom is -0.364 e. The highest BCUT2D eigenvalue weighted by Crippen LogP contribution is 2.15. The molecule has 0 atom stereocenters. The van der Waals surface area contributed by atoms with Gasteiger partial charge in [-0.05, 0) is 12.5 Å². The van der Waals surface area contributed by atoms with Crippen LogP contribution in [-0.4, -0.2) is 21.1 Å². The molecule has 3 N–H and O–H groups in total. The van der Waals surface area contributed by atoms with Gasteiger partial charge in [0.15, 0.2) is 5.69 Å². The molecule has 0 fully saturated rings. The highest BCUT2D eigenvalue weighted by molar-refractivity contribution is 6.02. The molecule has 17 heavy (non-hydrogen) atoms. The lowest BCUT2D eigenvalue weighted by atomic mass is 10.2. The number of rotatable bonds is 2. The van der Waals surface area contributed by atoms with Gasteiger partial charge in [-0.15, -0.1) is 0 Å². The summed E-state index contributed by atoms with van der Waals surface area (Å²) in [6.45, 7) is 6.22. The molecule has 0 unspecified atom stereocenters. The maximum atomic E-state index is 11.1. The Morgan fingerprint density at radius 3 is 2.59 bits per heavy atom. The number of H-pyrrole nitrogens is 1. The average molecular weight is 234 g/mol. The first-order chi connectivity index (χ1) is 8.13. The standard InChI is InChI=1S/C9H10N4O.C3H8/c1-2-6-3-5-4-11-13-7(5)8(12-6)9(10)14;1-3-2/h3-4H,2H2,1H3,(H2,10,14)(H,11,13);3H2,1-2H3. The molecule has 2 heterocycles. The summed E-state index contributed by atoms with van der Waals surface area (Å²) in [5.74, 6) is -0.533. The molecule has 5 heteroatoms. The van der Waals surface area contributed by atoms with E-state index in [0.717, 1.165) is 17.5 Å². The van der Waals surface area contributed by atoms with E-state index >= 15 is 0 Å². The second kappa shape index (κ2) is 5.98. The summed E-state index contributed by atoms with van der Waals surface area (Å²) in [7, 11) is 0. The third-order valence-corrected chi connectivity index (χ3v) is 2.08. The van der Waals surface area contributed by atoms with Crippen LogP contribution in [0.3, 0.4) is 0 Å². The van der Waals surface area contributed by atoms with E-state index in [2.05, 4.69) is 29.0 Å². The Balaban J connectivity index is 0.000000437. The predicted octanol–water partition coefficient (Wildman–Crippen LogP) is 2.04. The third-order valence-electron chi connectivity index (χ3n) is 2.08. The van der Waals surface area contributed by atoms with E-state index in [9.17, 15) is 4.79 Å². The van der Waals surface area contributed by atoms with Crippen LogP contribution in [0.5, 0.6) is 0 Å². The molecular formula is C12H18N4O. The fourth-order valence-electron chi connectivity index (χ4n) is 1.37. The number of fused-ring (bicyclic) bond motifs is 1. The monoisotopic (exact) mass is 234 g/mol. The van der Waals surface area contributed by atoms with Crippen molar-refractivity contribution in [2.45, 2.75) is 33.6 Å². The molecule has 0 aliphatic carbocycles. The van der Waals surface area contributed by atoms with Crippen molar-refractivity contribution in [3.63, 3.8) is 0 Å². The van der Waals surface area contributed by atoms with Gasteiger partial charge in [0.1, 0.15) is 0 Å². The van der Waals surface area contributed by atoms with Crippen molar-refractivity contribution >= 4 is 16.8 Å². The quantitative estimate of drug-likeness (QED) is 0.833. The smallest absolute Gasteiger partial charge is 0.269 e. The summed E-state index contributed by atoms with van der Waals surface area (Å²) in [5, 5.41) is 7.42. The molecule has 92 valence electrons. The van der Waals surface area contributed by atoms with Crippen LogP contribution in [0, 0.1) is 0 Å². The highest BCUT2D eigenvalue weighted by Gasteiger charge is 2.11. The Bertz CT molecular complexity index is 504. The first kappa shape index (κ1) is 13.2. The molecule has 0 aliphatic heterocycles. The summed E-state index contributed by atoms with van der Waals surface area (Å²) in [4.78, 5) is 15.2. The predicted molar refractivity (Wildman–Crippen MR) is 67.7 cm³/mol. The average Bonchev–Trinajstić information content (AvgIpc) is 2.76. The molecule has 0 bridgehead atoms. The van der Waals surface area contributed by atoms with Crippen molar-refractivity contribution in [3.8, 4) is 0 Å². The van der Waals surface area contributed by atoms with Gasteiger partial charge in [0, 0.05) is 11.1 Å². The first-order valence-corrected chi connectivity index (χ1v) is 5.76. The van der Waals surface area contributed by atoms with Gasteiger partial charge < -0.3 is 5.73 Å². The van der Waals surface area contributed by atoms with Gasteiger partial charge in [-0.1, -0.05) is 27.2 Å². The molecule has 0 radical (unpaired) electrons. The number of aryl methyl sites for hydroxylation is 1. The molecule has 0 saturated heterocycles. The summed E-state index contributed by atoms with van der Waals surface area (Å²) in [5.41, 5.74) is 6.92. The Labute approximate surface area is 100 Å². The maximum absolute atomic E-state index is 11.1. The number of carbonyl (C=O) groups is 1. The second-order valence-electron chi connectivity index (χ2n) is 3.72. The van der Waals surface area contributed by atoms with Crippen molar-refractivity contribution in [2.75, 3.05) is 0 Å². The lowest BCUT2D eigenvalue weighted by Gasteiger charge is -2.00. The van der Waals surface area contributed by atoms with Gasteiger partial charge in [-0.2, -0.15) is 5.10 Å². The van der Waals surface area contributed by atoms with Crippen LogP contribution in [0.2, 0.25) is 0 Å². The highest BCUT2D eigenvalue weighted by atomic mass is 16.1. The van der Waals surface area contributed by atoms with Crippen LogP contribution in [-0.2, 0) is 6.42 Å². The van der Waals surface area contributed by atoms with E-state index in [-0.39, 0.29) is 5.69 Å². The lowest BCUT2D eigenvalue weighted by Crippen LogP contribution is -2.14. The summed E-state index contributed by atoms with van der Waals surface area (Å²) in [6.07, 6.45) is 3.67. The van der Waals surface area contributed by atoms with E-state index in [4.69, 9.17) is 5.73 Å². The van der Waals surface area contributed by atoms with Crippen LogP contribution in [0.25, 0.3) is 10.9 Å². The number of carbonyl (C=O) groups excluding carboxylic acids is 1. The maximum Gasteiger partial charge on any atom is 0.269 e. The molecule has 2 aromatic heterocycles. The van der Waals surface area contributed by atoms with Gasteiger partial charge in [0.25, 0.3) is 5.91 Å². The summed E-state index contributed by atoms with van der Waals surface area (Å²) >= 11 is 0. The third kappa shape index (κ3) is 3.03. The van der Waals surface area contributed by atoms with E-state index < -0.39 is 5.91 Å². The number of amides is 1. The molecule has 5 nitrogen and oxygen atoms in total. The van der Waals surface area contributed by atoms with Crippen molar-refractivity contribution in [1.29, 1.82) is 0 Å². The van der Waals surface area contributed by atoms with E-state index in [1.165, 1.54) is 6.42 Å². The molecular weight excluding hydrogens is 216 g/mol. The zero-order chi connectivity index (χ0) is 12.8. The normalized spacial score (nSPS) is 9.82. The molecule has 1 amide bonds. The summed E-state index contributed by atoms with van der Waals surface area (Å²) in [6, 6.07) is 1.89. The fraction of sp³-hybridized carbons (Fsp3) is 0.417. The Morgan fingerprint density at radius 1 is 1.41 bits per heavy atom. The number of pyridine rings is 1. The molecule has 0 aliphatic rings. The Morgan fingerprint density at radius 2 is 2.06 bits per heavy atom. The number of aromatic amines is 1. The number of nitrogens with one attached hydrogen (secondary N) is 1. The van der Waals surface area contributed by atoms with Crippen molar-refractivity contribution < 1.29 is 4.79 Å². The van der Waals surface area contributed by atoms with Crippen molar-refractivity contribution in [1.82, 2.24) is 15.2 Å². The Hall–Kier alpha value is -1.91. The van der Waals surface area contributed by atoms with Crippen molar-refractivity contribution in [2.24, 2.45) is 5.73 Å². The molecule has 0 aromatic carbocycles. The van der Waals surface area contributed by atoms with Gasteiger partial charge in [0.05, 0.1) is 11.7 Å². The van der Waals surface area contributed by atoms with Crippen molar-refractivity contribution in [3.05, 3.63) is 23.7 Å². The van der Waals surface area contributed by atoms with Crippen LogP contribution in [0.4, 0.5) is 0 Å². The zero-order valence-corrected chi connectivity index (χ0v) is 10.4.